The maximum Gasteiger partial charge on any atom is 0.234 e. The number of carbonyl (C=O) groups excluding carboxylic acids is 2. The Hall–Kier alpha value is -4.53. The number of Topliss-reactive ketones (excluding diaryl/α,β-unsaturated/α-hetero) is 1. The van der Waals surface area contributed by atoms with E-state index in [9.17, 15) is 14.9 Å². The highest BCUT2D eigenvalue weighted by atomic mass is 32.2. The van der Waals surface area contributed by atoms with Crippen LogP contribution in [0, 0.1) is 11.3 Å². The normalized spacial score (nSPS) is 17.1. The summed E-state index contributed by atoms with van der Waals surface area (Å²) < 4.78 is 0.572. The van der Waals surface area contributed by atoms with Crippen molar-refractivity contribution in [2.75, 3.05) is 16.0 Å². The molecule has 1 aliphatic carbocycles. The van der Waals surface area contributed by atoms with Crippen LogP contribution in [0.15, 0.2) is 93.9 Å². The van der Waals surface area contributed by atoms with Crippen molar-refractivity contribution in [3.63, 3.8) is 0 Å². The molecule has 2 aromatic carbocycles. The van der Waals surface area contributed by atoms with Gasteiger partial charge in [-0.1, -0.05) is 71.6 Å². The molecule has 1 unspecified atom stereocenters. The summed E-state index contributed by atoms with van der Waals surface area (Å²) in [5.74, 6) is -0.325. The Morgan fingerprint density at radius 2 is 1.95 bits per heavy atom. The van der Waals surface area contributed by atoms with Gasteiger partial charge in [0, 0.05) is 23.1 Å². The average Bonchev–Trinajstić information content (AvgIpc) is 3.44. The van der Waals surface area contributed by atoms with Crippen molar-refractivity contribution >= 4 is 56.5 Å². The molecule has 11 heteroatoms. The highest BCUT2D eigenvalue weighted by molar-refractivity contribution is 8.01. The molecule has 1 aliphatic heterocycles. The molecule has 1 amide bonds. The summed E-state index contributed by atoms with van der Waals surface area (Å²) in [6.45, 7) is 0. The third-order valence-corrected chi connectivity index (χ3v) is 8.88. The van der Waals surface area contributed by atoms with Crippen molar-refractivity contribution in [2.24, 2.45) is 5.73 Å². The molecule has 0 saturated heterocycles. The van der Waals surface area contributed by atoms with Crippen molar-refractivity contribution in [3.05, 3.63) is 95.1 Å². The number of carbonyl (C=O) groups is 2. The van der Waals surface area contributed by atoms with E-state index in [1.54, 1.807) is 11.1 Å². The van der Waals surface area contributed by atoms with E-state index in [4.69, 9.17) is 5.73 Å². The minimum atomic E-state index is -0.514. The molecule has 0 radical (unpaired) electrons. The summed E-state index contributed by atoms with van der Waals surface area (Å²) in [5.41, 5.74) is 10.6. The van der Waals surface area contributed by atoms with Gasteiger partial charge in [-0.15, -0.1) is 10.2 Å². The van der Waals surface area contributed by atoms with Crippen LogP contribution in [0.2, 0.25) is 0 Å². The van der Waals surface area contributed by atoms with Gasteiger partial charge < -0.3 is 11.1 Å². The van der Waals surface area contributed by atoms with Gasteiger partial charge in [0.05, 0.1) is 40.7 Å². The van der Waals surface area contributed by atoms with Crippen molar-refractivity contribution < 1.29 is 9.59 Å². The van der Waals surface area contributed by atoms with E-state index in [1.807, 2.05) is 60.7 Å². The van der Waals surface area contributed by atoms with Gasteiger partial charge in [-0.3, -0.25) is 19.5 Å². The number of hydrogen-bond donors (Lipinski definition) is 2. The van der Waals surface area contributed by atoms with Crippen LogP contribution in [-0.4, -0.2) is 32.6 Å². The lowest BCUT2D eigenvalue weighted by Gasteiger charge is -2.38. The van der Waals surface area contributed by atoms with Crippen LogP contribution in [0.1, 0.15) is 30.7 Å². The minimum Gasteiger partial charge on any atom is -0.384 e. The molecule has 6 rings (SSSR count). The number of nitriles is 1. The van der Waals surface area contributed by atoms with Crippen LogP contribution < -0.4 is 16.0 Å². The highest BCUT2D eigenvalue weighted by Crippen LogP contribution is 2.47. The summed E-state index contributed by atoms with van der Waals surface area (Å²) in [5, 5.41) is 23.0. The zero-order valence-electron chi connectivity index (χ0n) is 21.2. The van der Waals surface area contributed by atoms with Gasteiger partial charge in [0.1, 0.15) is 5.82 Å². The van der Waals surface area contributed by atoms with Crippen LogP contribution in [0.3, 0.4) is 0 Å². The average molecular weight is 566 g/mol. The number of amides is 1. The molecule has 3 heterocycles. The number of ketones is 1. The summed E-state index contributed by atoms with van der Waals surface area (Å²) in [6.07, 6.45) is 3.38. The van der Waals surface area contributed by atoms with Crippen LogP contribution in [0.25, 0.3) is 10.9 Å². The number of fused-ring (bicyclic) bond motifs is 1. The van der Waals surface area contributed by atoms with Gasteiger partial charge in [0.2, 0.25) is 11.0 Å². The first kappa shape index (κ1) is 25.7. The van der Waals surface area contributed by atoms with Gasteiger partial charge in [0.25, 0.3) is 0 Å². The number of anilines is 2. The fourth-order valence-corrected chi connectivity index (χ4v) is 6.78. The molecule has 4 aromatic rings. The molecule has 9 nitrogen and oxygen atoms in total. The van der Waals surface area contributed by atoms with Crippen molar-refractivity contribution in [2.45, 2.75) is 29.5 Å². The van der Waals surface area contributed by atoms with E-state index in [-0.39, 0.29) is 23.3 Å². The molecule has 0 fully saturated rings. The highest BCUT2D eigenvalue weighted by Gasteiger charge is 2.41. The molecule has 0 bridgehead atoms. The van der Waals surface area contributed by atoms with Crippen molar-refractivity contribution in [3.8, 4) is 6.07 Å². The third-order valence-electron chi connectivity index (χ3n) is 6.83. The lowest BCUT2D eigenvalue weighted by Crippen LogP contribution is -2.38. The van der Waals surface area contributed by atoms with Crippen LogP contribution in [0.5, 0.6) is 0 Å². The largest absolute Gasteiger partial charge is 0.384 e. The molecule has 40 heavy (non-hydrogen) atoms. The molecule has 0 spiro atoms. The summed E-state index contributed by atoms with van der Waals surface area (Å²) in [7, 11) is 0. The Kier molecular flexibility index (Phi) is 7.02. The van der Waals surface area contributed by atoms with E-state index >= 15 is 0 Å². The Labute approximate surface area is 238 Å². The number of nitrogens with zero attached hydrogens (tertiary/aromatic N) is 5. The Morgan fingerprint density at radius 1 is 1.15 bits per heavy atom. The third kappa shape index (κ3) is 4.83. The molecule has 2 aliphatic rings. The van der Waals surface area contributed by atoms with E-state index in [0.717, 1.165) is 22.2 Å². The predicted molar refractivity (Wildman–Crippen MR) is 155 cm³/mol. The number of nitrogens with one attached hydrogen (secondary N) is 1. The number of nitrogens with two attached hydrogens (primary N) is 1. The zero-order valence-corrected chi connectivity index (χ0v) is 22.8. The maximum atomic E-state index is 13.2. The Bertz CT molecular complexity index is 1740. The van der Waals surface area contributed by atoms with Crippen LogP contribution in [0.4, 0.5) is 10.8 Å². The molecular formula is C29H23N7O2S2. The van der Waals surface area contributed by atoms with Gasteiger partial charge >= 0.3 is 0 Å². The Balaban J connectivity index is 1.23. The topological polar surface area (TPSA) is 138 Å². The number of para-hydroxylation sites is 1. The molecule has 2 aromatic heterocycles. The Morgan fingerprint density at radius 3 is 2.77 bits per heavy atom. The molecule has 198 valence electrons. The second-order valence-electron chi connectivity index (χ2n) is 9.33. The second kappa shape index (κ2) is 10.9. The molecule has 1 atom stereocenters. The summed E-state index contributed by atoms with van der Waals surface area (Å²) >= 11 is 2.52. The van der Waals surface area contributed by atoms with Gasteiger partial charge in [0.15, 0.2) is 10.1 Å². The lowest BCUT2D eigenvalue weighted by molar-refractivity contribution is -0.116. The number of pyridine rings is 1. The predicted octanol–water partition coefficient (Wildman–Crippen LogP) is 5.12. The van der Waals surface area contributed by atoms with E-state index in [2.05, 4.69) is 26.6 Å². The van der Waals surface area contributed by atoms with Crippen LogP contribution in [-0.2, 0) is 9.59 Å². The first-order chi connectivity index (χ1) is 19.5. The number of thioether (sulfide) groups is 1. The quantitative estimate of drug-likeness (QED) is 0.305. The number of hydrogen-bond acceptors (Lipinski definition) is 10. The molecular weight excluding hydrogens is 543 g/mol. The fourth-order valence-electron chi connectivity index (χ4n) is 5.10. The van der Waals surface area contributed by atoms with E-state index in [0.29, 0.717) is 45.6 Å². The monoisotopic (exact) mass is 565 g/mol. The fraction of sp³-hybridized carbons (Fsp3) is 0.172. The standard InChI is InChI=1S/C29H23N7O2S2/c30-14-20-25(17-7-2-1-3-8-17)26-22(11-6-12-23(26)37)36(27(20)31)28-34-35-29(40-28)39-16-24(38)33-19-13-18-9-4-5-10-21(18)32-15-19/h1-5,7-10,13,15,25H,6,11-12,16,31H2,(H,33,38). The van der Waals surface area contributed by atoms with E-state index < -0.39 is 5.92 Å². The number of benzene rings is 2. The molecule has 0 saturated carbocycles. The van der Waals surface area contributed by atoms with Gasteiger partial charge in [-0.25, -0.2) is 0 Å². The smallest absolute Gasteiger partial charge is 0.234 e. The van der Waals surface area contributed by atoms with Crippen LogP contribution >= 0.6 is 23.1 Å². The SMILES string of the molecule is N#CC1=C(N)N(c2nnc(SCC(=O)Nc3cnc4ccccc4c3)s2)C2=C(C(=O)CCC2)C1c1ccccc1. The lowest BCUT2D eigenvalue weighted by atomic mass is 9.76. The summed E-state index contributed by atoms with van der Waals surface area (Å²) in [4.78, 5) is 31.9. The second-order valence-corrected chi connectivity index (χ2v) is 11.5. The van der Waals surface area contributed by atoms with Gasteiger partial charge in [-0.2, -0.15) is 5.26 Å². The number of aromatic nitrogens is 3. The number of rotatable bonds is 6. The maximum absolute atomic E-state index is 13.2. The summed E-state index contributed by atoms with van der Waals surface area (Å²) in [6, 6.07) is 21.3. The first-order valence-corrected chi connectivity index (χ1v) is 14.5. The minimum absolute atomic E-state index is 0.0133. The van der Waals surface area contributed by atoms with Crippen molar-refractivity contribution in [1.29, 1.82) is 5.26 Å². The molecule has 3 N–H and O–H groups in total. The van der Waals surface area contributed by atoms with Gasteiger partial charge in [-0.05, 0) is 30.5 Å². The zero-order chi connectivity index (χ0) is 27.6. The first-order valence-electron chi connectivity index (χ1n) is 12.7. The van der Waals surface area contributed by atoms with E-state index in [1.165, 1.54) is 23.1 Å². The number of allylic oxidation sites excluding steroid dienone is 3. The van der Waals surface area contributed by atoms with Crippen molar-refractivity contribution in [1.82, 2.24) is 15.2 Å².